The van der Waals surface area contributed by atoms with E-state index in [4.69, 9.17) is 11.6 Å². The molecule has 1 heterocycles. The molecule has 1 aromatic rings. The monoisotopic (exact) mass is 238 g/mol. The van der Waals surface area contributed by atoms with Crippen LogP contribution in [0.1, 0.15) is 36.5 Å². The van der Waals surface area contributed by atoms with Crippen molar-refractivity contribution < 1.29 is 4.79 Å². The molecule has 1 amide bonds. The number of pyridine rings is 1. The van der Waals surface area contributed by atoms with Crippen molar-refractivity contribution in [1.29, 1.82) is 0 Å². The number of hydrogen-bond acceptors (Lipinski definition) is 2. The number of amides is 1. The van der Waals surface area contributed by atoms with Crippen molar-refractivity contribution in [2.24, 2.45) is 5.92 Å². The van der Waals surface area contributed by atoms with Gasteiger partial charge in [0.25, 0.3) is 5.91 Å². The van der Waals surface area contributed by atoms with E-state index in [1.807, 2.05) is 6.92 Å². The summed E-state index contributed by atoms with van der Waals surface area (Å²) in [4.78, 5) is 15.7. The van der Waals surface area contributed by atoms with E-state index in [0.29, 0.717) is 10.6 Å². The van der Waals surface area contributed by atoms with E-state index in [1.54, 1.807) is 12.3 Å². The second-order valence-corrected chi connectivity index (χ2v) is 4.82. The summed E-state index contributed by atoms with van der Waals surface area (Å²) in [5.74, 6) is 0.672. The summed E-state index contributed by atoms with van der Waals surface area (Å²) < 4.78 is 0. The Morgan fingerprint density at radius 2 is 2.44 bits per heavy atom. The summed E-state index contributed by atoms with van der Waals surface area (Å²) in [7, 11) is 0. The number of carbonyl (C=O) groups is 1. The highest BCUT2D eigenvalue weighted by atomic mass is 35.5. The Morgan fingerprint density at radius 3 is 3.06 bits per heavy atom. The minimum atomic E-state index is -0.133. The number of hydrogen-bond donors (Lipinski definition) is 1. The van der Waals surface area contributed by atoms with E-state index in [1.165, 1.54) is 19.0 Å². The van der Waals surface area contributed by atoms with Crippen molar-refractivity contribution >= 4 is 17.5 Å². The molecule has 1 aliphatic rings. The Labute approximate surface area is 100 Å². The lowest BCUT2D eigenvalue weighted by atomic mass is 10.1. The van der Waals surface area contributed by atoms with Crippen LogP contribution in [0, 0.1) is 5.92 Å². The number of nitrogens with one attached hydrogen (secondary N) is 1. The molecule has 1 atom stereocenters. The quantitative estimate of drug-likeness (QED) is 0.876. The number of aromatic nitrogens is 1. The highest BCUT2D eigenvalue weighted by Gasteiger charge is 2.24. The normalized spacial score (nSPS) is 16.9. The molecule has 86 valence electrons. The molecule has 0 saturated heterocycles. The molecule has 4 heteroatoms. The van der Waals surface area contributed by atoms with Crippen LogP contribution in [0.15, 0.2) is 18.5 Å². The lowest BCUT2D eigenvalue weighted by molar-refractivity contribution is 0.0937. The SMILES string of the molecule is CC(CC1CC1)NC(=O)c1cnccc1Cl. The van der Waals surface area contributed by atoms with Crippen LogP contribution in [-0.2, 0) is 0 Å². The third-order valence-corrected chi connectivity index (χ3v) is 3.10. The molecule has 1 aromatic heterocycles. The zero-order valence-corrected chi connectivity index (χ0v) is 10.00. The van der Waals surface area contributed by atoms with E-state index in [9.17, 15) is 4.79 Å². The molecule has 0 spiro atoms. The molecule has 1 N–H and O–H groups in total. The van der Waals surface area contributed by atoms with Crippen molar-refractivity contribution in [2.75, 3.05) is 0 Å². The van der Waals surface area contributed by atoms with Gasteiger partial charge in [-0.05, 0) is 25.3 Å². The first-order chi connectivity index (χ1) is 7.66. The number of carbonyl (C=O) groups excluding carboxylic acids is 1. The van der Waals surface area contributed by atoms with Crippen LogP contribution in [0.25, 0.3) is 0 Å². The zero-order chi connectivity index (χ0) is 11.5. The van der Waals surface area contributed by atoms with Crippen LogP contribution < -0.4 is 5.32 Å². The van der Waals surface area contributed by atoms with E-state index in [0.717, 1.165) is 12.3 Å². The summed E-state index contributed by atoms with van der Waals surface area (Å²) >= 11 is 5.92. The van der Waals surface area contributed by atoms with E-state index in [2.05, 4.69) is 10.3 Å². The molecule has 0 aliphatic heterocycles. The van der Waals surface area contributed by atoms with Gasteiger partial charge in [0, 0.05) is 18.4 Å². The fourth-order valence-corrected chi connectivity index (χ4v) is 1.95. The molecular weight excluding hydrogens is 224 g/mol. The van der Waals surface area contributed by atoms with Crippen molar-refractivity contribution in [3.05, 3.63) is 29.0 Å². The van der Waals surface area contributed by atoms with E-state index >= 15 is 0 Å². The first-order valence-electron chi connectivity index (χ1n) is 5.57. The van der Waals surface area contributed by atoms with Gasteiger partial charge in [0.1, 0.15) is 0 Å². The van der Waals surface area contributed by atoms with Crippen LogP contribution >= 0.6 is 11.6 Å². The molecular formula is C12H15ClN2O. The first kappa shape index (κ1) is 11.4. The van der Waals surface area contributed by atoms with E-state index in [-0.39, 0.29) is 11.9 Å². The Kier molecular flexibility index (Phi) is 3.44. The van der Waals surface area contributed by atoms with Gasteiger partial charge in [0.05, 0.1) is 10.6 Å². The summed E-state index contributed by atoms with van der Waals surface area (Å²) in [5.41, 5.74) is 0.451. The molecule has 3 nitrogen and oxygen atoms in total. The molecule has 0 bridgehead atoms. The summed E-state index contributed by atoms with van der Waals surface area (Å²) in [6.45, 7) is 2.03. The second kappa shape index (κ2) is 4.83. The summed E-state index contributed by atoms with van der Waals surface area (Å²) in [6.07, 6.45) is 6.74. The lowest BCUT2D eigenvalue weighted by Gasteiger charge is -2.13. The largest absolute Gasteiger partial charge is 0.349 e. The van der Waals surface area contributed by atoms with Gasteiger partial charge in [-0.15, -0.1) is 0 Å². The van der Waals surface area contributed by atoms with Gasteiger partial charge >= 0.3 is 0 Å². The molecule has 1 fully saturated rings. The van der Waals surface area contributed by atoms with Crippen LogP contribution in [0.4, 0.5) is 0 Å². The maximum absolute atomic E-state index is 11.8. The van der Waals surface area contributed by atoms with Crippen molar-refractivity contribution in [3.8, 4) is 0 Å². The van der Waals surface area contributed by atoms with Crippen LogP contribution in [-0.4, -0.2) is 16.9 Å². The Hall–Kier alpha value is -1.09. The lowest BCUT2D eigenvalue weighted by Crippen LogP contribution is -2.33. The smallest absolute Gasteiger partial charge is 0.254 e. The average molecular weight is 239 g/mol. The van der Waals surface area contributed by atoms with Gasteiger partial charge < -0.3 is 5.32 Å². The maximum atomic E-state index is 11.8. The molecule has 1 unspecified atom stereocenters. The summed E-state index contributed by atoms with van der Waals surface area (Å²) in [5, 5.41) is 3.40. The number of halogens is 1. The third kappa shape index (κ3) is 2.95. The highest BCUT2D eigenvalue weighted by molar-refractivity contribution is 6.33. The minimum absolute atomic E-state index is 0.133. The Bertz CT molecular complexity index is 390. The average Bonchev–Trinajstić information content (AvgIpc) is 3.01. The third-order valence-electron chi connectivity index (χ3n) is 2.77. The maximum Gasteiger partial charge on any atom is 0.254 e. The van der Waals surface area contributed by atoms with Crippen LogP contribution in [0.2, 0.25) is 5.02 Å². The van der Waals surface area contributed by atoms with Crippen molar-refractivity contribution in [1.82, 2.24) is 10.3 Å². The fourth-order valence-electron chi connectivity index (χ4n) is 1.76. The molecule has 16 heavy (non-hydrogen) atoms. The van der Waals surface area contributed by atoms with E-state index < -0.39 is 0 Å². The van der Waals surface area contributed by atoms with Crippen molar-refractivity contribution in [2.45, 2.75) is 32.2 Å². The van der Waals surface area contributed by atoms with Crippen LogP contribution in [0.3, 0.4) is 0 Å². The Morgan fingerprint density at radius 1 is 1.69 bits per heavy atom. The predicted octanol–water partition coefficient (Wildman–Crippen LogP) is 2.65. The molecule has 0 radical (unpaired) electrons. The van der Waals surface area contributed by atoms with Crippen molar-refractivity contribution in [3.63, 3.8) is 0 Å². The molecule has 0 aromatic carbocycles. The zero-order valence-electron chi connectivity index (χ0n) is 9.24. The molecule has 1 aliphatic carbocycles. The molecule has 1 saturated carbocycles. The van der Waals surface area contributed by atoms with Gasteiger partial charge in [-0.25, -0.2) is 0 Å². The second-order valence-electron chi connectivity index (χ2n) is 4.41. The van der Waals surface area contributed by atoms with Gasteiger partial charge in [0.15, 0.2) is 0 Å². The molecule has 2 rings (SSSR count). The topological polar surface area (TPSA) is 42.0 Å². The Balaban J connectivity index is 1.94. The number of rotatable bonds is 4. The van der Waals surface area contributed by atoms with Gasteiger partial charge in [-0.1, -0.05) is 24.4 Å². The van der Waals surface area contributed by atoms with Gasteiger partial charge in [0.2, 0.25) is 0 Å². The van der Waals surface area contributed by atoms with Crippen LogP contribution in [0.5, 0.6) is 0 Å². The van der Waals surface area contributed by atoms with Gasteiger partial charge in [-0.2, -0.15) is 0 Å². The first-order valence-corrected chi connectivity index (χ1v) is 5.95. The fraction of sp³-hybridized carbons (Fsp3) is 0.500. The standard InChI is InChI=1S/C12H15ClN2O/c1-8(6-9-2-3-9)15-12(16)10-7-14-5-4-11(10)13/h4-5,7-9H,2-3,6H2,1H3,(H,15,16). The number of nitrogens with zero attached hydrogens (tertiary/aromatic N) is 1. The minimum Gasteiger partial charge on any atom is -0.349 e. The predicted molar refractivity (Wildman–Crippen MR) is 63.5 cm³/mol. The van der Waals surface area contributed by atoms with Gasteiger partial charge in [-0.3, -0.25) is 9.78 Å². The highest BCUT2D eigenvalue weighted by Crippen LogP contribution is 2.33. The summed E-state index contributed by atoms with van der Waals surface area (Å²) in [6, 6.07) is 1.83.